The van der Waals surface area contributed by atoms with E-state index in [9.17, 15) is 4.79 Å². The molecule has 1 aromatic heterocycles. The van der Waals surface area contributed by atoms with Crippen molar-refractivity contribution in [2.24, 2.45) is 5.73 Å². The molecule has 5 heteroatoms. The van der Waals surface area contributed by atoms with Gasteiger partial charge in [0.2, 0.25) is 0 Å². The molecule has 2 aromatic rings. The van der Waals surface area contributed by atoms with Crippen LogP contribution in [0.15, 0.2) is 35.7 Å². The maximum Gasteiger partial charge on any atom is 0.250 e. The first kappa shape index (κ1) is 13.0. The van der Waals surface area contributed by atoms with Crippen molar-refractivity contribution in [2.75, 3.05) is 10.6 Å². The highest BCUT2D eigenvalue weighted by molar-refractivity contribution is 7.09. The van der Waals surface area contributed by atoms with Gasteiger partial charge in [0.15, 0.2) is 0 Å². The minimum atomic E-state index is -0.476. The average Bonchev–Trinajstić information content (AvgIpc) is 3.14. The second-order valence-electron chi connectivity index (χ2n) is 5.07. The number of carbonyl (C=O) groups excluding carboxylic acids is 1. The molecule has 1 heterocycles. The first-order valence-corrected chi connectivity index (χ1v) is 7.51. The van der Waals surface area contributed by atoms with E-state index in [1.165, 1.54) is 17.7 Å². The van der Waals surface area contributed by atoms with Gasteiger partial charge in [-0.3, -0.25) is 4.79 Å². The summed E-state index contributed by atoms with van der Waals surface area (Å²) in [5.41, 5.74) is 13.0. The maximum atomic E-state index is 11.4. The zero-order chi connectivity index (χ0) is 14.1. The summed E-state index contributed by atoms with van der Waals surface area (Å²) in [6.07, 6.45) is 2.39. The smallest absolute Gasteiger partial charge is 0.250 e. The van der Waals surface area contributed by atoms with Crippen LogP contribution in [0.25, 0.3) is 0 Å². The molecule has 1 aliphatic carbocycles. The van der Waals surface area contributed by atoms with Gasteiger partial charge in [-0.1, -0.05) is 6.07 Å². The van der Waals surface area contributed by atoms with Gasteiger partial charge < -0.3 is 16.4 Å². The number of nitrogens with two attached hydrogens (primary N) is 2. The van der Waals surface area contributed by atoms with Crippen molar-refractivity contribution in [1.82, 2.24) is 0 Å². The zero-order valence-corrected chi connectivity index (χ0v) is 11.9. The zero-order valence-electron chi connectivity index (χ0n) is 11.1. The Balaban J connectivity index is 1.91. The molecular weight excluding hydrogens is 270 g/mol. The van der Waals surface area contributed by atoms with Gasteiger partial charge in [-0.05, 0) is 42.5 Å². The monoisotopic (exact) mass is 287 g/mol. The lowest BCUT2D eigenvalue weighted by molar-refractivity contribution is 0.100. The van der Waals surface area contributed by atoms with Crippen molar-refractivity contribution < 1.29 is 4.79 Å². The summed E-state index contributed by atoms with van der Waals surface area (Å²) in [6, 6.07) is 10.3. The summed E-state index contributed by atoms with van der Waals surface area (Å²) < 4.78 is 0. The van der Waals surface area contributed by atoms with Crippen molar-refractivity contribution in [1.29, 1.82) is 0 Å². The molecule has 0 atom stereocenters. The molecule has 20 heavy (non-hydrogen) atoms. The molecule has 1 saturated carbocycles. The molecule has 0 aliphatic heterocycles. The fourth-order valence-electron chi connectivity index (χ4n) is 2.32. The Morgan fingerprint density at radius 3 is 2.75 bits per heavy atom. The van der Waals surface area contributed by atoms with Gasteiger partial charge in [0.05, 0.1) is 12.1 Å². The molecule has 0 spiro atoms. The van der Waals surface area contributed by atoms with Crippen LogP contribution in [0.5, 0.6) is 0 Å². The fourth-order valence-corrected chi connectivity index (χ4v) is 3.03. The third kappa shape index (κ3) is 2.63. The highest BCUT2D eigenvalue weighted by atomic mass is 32.1. The van der Waals surface area contributed by atoms with Crippen LogP contribution in [0.1, 0.15) is 28.1 Å². The highest BCUT2D eigenvalue weighted by Crippen LogP contribution is 2.34. The molecule has 0 bridgehead atoms. The van der Waals surface area contributed by atoms with Crippen LogP contribution in [0.3, 0.4) is 0 Å². The molecule has 0 radical (unpaired) electrons. The van der Waals surface area contributed by atoms with Crippen LogP contribution in [-0.4, -0.2) is 11.9 Å². The summed E-state index contributed by atoms with van der Waals surface area (Å²) in [5, 5.41) is 2.08. The average molecular weight is 287 g/mol. The molecule has 0 saturated heterocycles. The number of primary amides is 1. The van der Waals surface area contributed by atoms with E-state index in [0.717, 1.165) is 12.2 Å². The van der Waals surface area contributed by atoms with E-state index in [0.29, 0.717) is 17.3 Å². The summed E-state index contributed by atoms with van der Waals surface area (Å²) in [5.74, 6) is -0.476. The van der Waals surface area contributed by atoms with Crippen molar-refractivity contribution >= 4 is 28.6 Å². The predicted octanol–water partition coefficient (Wildman–Crippen LogP) is 2.60. The molecule has 0 unspecified atom stereocenters. The Labute approximate surface area is 122 Å². The fraction of sp³-hybridized carbons (Fsp3) is 0.267. The Kier molecular flexibility index (Phi) is 3.36. The Morgan fingerprint density at radius 2 is 2.15 bits per heavy atom. The van der Waals surface area contributed by atoms with Gasteiger partial charge in [0.1, 0.15) is 0 Å². The number of thiophene rings is 1. The quantitative estimate of drug-likeness (QED) is 0.830. The number of nitrogens with zero attached hydrogens (tertiary/aromatic N) is 1. The molecular formula is C15H17N3OS. The number of amides is 1. The first-order valence-electron chi connectivity index (χ1n) is 6.63. The maximum absolute atomic E-state index is 11.4. The number of carbonyl (C=O) groups is 1. The third-order valence-electron chi connectivity index (χ3n) is 3.53. The number of anilines is 2. The van der Waals surface area contributed by atoms with Gasteiger partial charge in [-0.15, -0.1) is 11.3 Å². The Morgan fingerprint density at radius 1 is 1.35 bits per heavy atom. The number of nitrogen functional groups attached to an aromatic ring is 1. The number of benzene rings is 1. The molecule has 1 fully saturated rings. The first-order chi connectivity index (χ1) is 9.65. The van der Waals surface area contributed by atoms with E-state index in [4.69, 9.17) is 11.5 Å². The molecule has 3 rings (SSSR count). The molecule has 1 amide bonds. The van der Waals surface area contributed by atoms with Gasteiger partial charge in [0.25, 0.3) is 5.91 Å². The Bertz CT molecular complexity index is 620. The Hall–Kier alpha value is -2.01. The number of hydrogen-bond donors (Lipinski definition) is 2. The second-order valence-corrected chi connectivity index (χ2v) is 6.11. The standard InChI is InChI=1S/C15H17N3OS/c16-14-6-5-11(8-13(14)15(17)19)18(10-3-4-10)9-12-2-1-7-20-12/h1-2,5-8,10H,3-4,9,16H2,(H2,17,19). The van der Waals surface area contributed by atoms with Gasteiger partial charge in [-0.2, -0.15) is 0 Å². The third-order valence-corrected chi connectivity index (χ3v) is 4.39. The molecule has 104 valence electrons. The largest absolute Gasteiger partial charge is 0.398 e. The van der Waals surface area contributed by atoms with E-state index >= 15 is 0 Å². The molecule has 4 N–H and O–H groups in total. The van der Waals surface area contributed by atoms with Gasteiger partial charge in [0, 0.05) is 22.3 Å². The van der Waals surface area contributed by atoms with Crippen molar-refractivity contribution in [2.45, 2.75) is 25.4 Å². The predicted molar refractivity (Wildman–Crippen MR) is 82.9 cm³/mol. The number of rotatable bonds is 5. The van der Waals surface area contributed by atoms with Gasteiger partial charge >= 0.3 is 0 Å². The van der Waals surface area contributed by atoms with Crippen molar-refractivity contribution in [3.05, 3.63) is 46.2 Å². The van der Waals surface area contributed by atoms with Crippen molar-refractivity contribution in [3.8, 4) is 0 Å². The van der Waals surface area contributed by atoms with Crippen LogP contribution < -0.4 is 16.4 Å². The second kappa shape index (κ2) is 5.17. The van der Waals surface area contributed by atoms with Crippen LogP contribution in [0.2, 0.25) is 0 Å². The van der Waals surface area contributed by atoms with Crippen LogP contribution in [0.4, 0.5) is 11.4 Å². The summed E-state index contributed by atoms with van der Waals surface area (Å²) in [4.78, 5) is 15.1. The normalized spacial score (nSPS) is 14.2. The van der Waals surface area contributed by atoms with E-state index in [1.54, 1.807) is 17.4 Å². The molecule has 1 aliphatic rings. The minimum Gasteiger partial charge on any atom is -0.398 e. The van der Waals surface area contributed by atoms with E-state index in [2.05, 4.69) is 22.4 Å². The van der Waals surface area contributed by atoms with Gasteiger partial charge in [-0.25, -0.2) is 0 Å². The van der Waals surface area contributed by atoms with Crippen LogP contribution in [-0.2, 0) is 6.54 Å². The minimum absolute atomic E-state index is 0.402. The lowest BCUT2D eigenvalue weighted by Gasteiger charge is -2.25. The lowest BCUT2D eigenvalue weighted by atomic mass is 10.1. The van der Waals surface area contributed by atoms with Crippen LogP contribution in [0, 0.1) is 0 Å². The summed E-state index contributed by atoms with van der Waals surface area (Å²) >= 11 is 1.75. The summed E-state index contributed by atoms with van der Waals surface area (Å²) in [7, 11) is 0. The highest BCUT2D eigenvalue weighted by Gasteiger charge is 2.30. The summed E-state index contributed by atoms with van der Waals surface area (Å²) in [6.45, 7) is 0.866. The van der Waals surface area contributed by atoms with E-state index in [-0.39, 0.29) is 0 Å². The lowest BCUT2D eigenvalue weighted by Crippen LogP contribution is -2.25. The van der Waals surface area contributed by atoms with Crippen LogP contribution >= 0.6 is 11.3 Å². The molecule has 4 nitrogen and oxygen atoms in total. The van der Waals surface area contributed by atoms with E-state index < -0.39 is 5.91 Å². The topological polar surface area (TPSA) is 72.4 Å². The number of hydrogen-bond acceptors (Lipinski definition) is 4. The SMILES string of the molecule is NC(=O)c1cc(N(Cc2cccs2)C2CC2)ccc1N. The van der Waals surface area contributed by atoms with Crippen molar-refractivity contribution in [3.63, 3.8) is 0 Å². The molecule has 1 aromatic carbocycles. The van der Waals surface area contributed by atoms with E-state index in [1.807, 2.05) is 12.1 Å².